The summed E-state index contributed by atoms with van der Waals surface area (Å²) in [5, 5.41) is 9.55. The number of rotatable bonds is 2. The summed E-state index contributed by atoms with van der Waals surface area (Å²) >= 11 is 0. The number of aliphatic hydroxyl groups excluding tert-OH is 1. The van der Waals surface area contributed by atoms with Gasteiger partial charge in [0.2, 0.25) is 0 Å². The molecule has 0 amide bonds. The maximum absolute atomic E-state index is 9.55. The van der Waals surface area contributed by atoms with Gasteiger partial charge in [-0.3, -0.25) is 4.90 Å². The molecule has 1 aromatic rings. The highest BCUT2D eigenvalue weighted by Crippen LogP contribution is 2.26. The van der Waals surface area contributed by atoms with Crippen molar-refractivity contribution in [2.75, 3.05) is 59.3 Å². The fourth-order valence-corrected chi connectivity index (χ4v) is 2.37. The molecule has 0 bridgehead atoms. The normalized spacial score (nSPS) is 20.3. The number of ether oxygens (including phenoxy) is 4. The Hall–Kier alpha value is -1.34. The Balaban J connectivity index is 1.86. The minimum absolute atomic E-state index is 0.363. The minimum atomic E-state index is -0.363. The Morgan fingerprint density at radius 1 is 0.913 bits per heavy atom. The highest BCUT2D eigenvalue weighted by atomic mass is 16.6. The zero-order valence-electron chi connectivity index (χ0n) is 13.8. The molecule has 0 saturated heterocycles. The molecule has 1 aliphatic rings. The third kappa shape index (κ3) is 7.18. The van der Waals surface area contributed by atoms with Crippen LogP contribution in [0.15, 0.2) is 24.3 Å². The zero-order valence-corrected chi connectivity index (χ0v) is 13.8. The number of nitrogens with zero attached hydrogens (tertiary/aromatic N) is 1. The van der Waals surface area contributed by atoms with Crippen LogP contribution in [0.3, 0.4) is 0 Å². The molecule has 23 heavy (non-hydrogen) atoms. The number of β-amino-alcohol motifs (C(OH)–C–C–N with tert-alkyl or cyclic N) is 1. The maximum Gasteiger partial charge on any atom is 0.161 e. The predicted molar refractivity (Wildman–Crippen MR) is 87.2 cm³/mol. The van der Waals surface area contributed by atoms with Crippen molar-refractivity contribution >= 4 is 0 Å². The fourth-order valence-electron chi connectivity index (χ4n) is 2.37. The Morgan fingerprint density at radius 2 is 1.43 bits per heavy atom. The molecule has 6 nitrogen and oxygen atoms in total. The molecule has 1 heterocycles. The van der Waals surface area contributed by atoms with Crippen molar-refractivity contribution in [1.29, 1.82) is 0 Å². The lowest BCUT2D eigenvalue weighted by molar-refractivity contribution is 0.0431. The molecule has 130 valence electrons. The van der Waals surface area contributed by atoms with Gasteiger partial charge in [0.05, 0.1) is 32.5 Å². The molecule has 0 aliphatic carbocycles. The predicted octanol–water partition coefficient (Wildman–Crippen LogP) is 1.17. The standard InChI is InChI=1S/C17H27NO5/c1-15(19)14-18-6-8-20-10-12-22-16-4-2-3-5-17(16)23-13-11-21-9-7-18/h2-5,15,19H,6-14H2,1H3. The monoisotopic (exact) mass is 325 g/mol. The Morgan fingerprint density at radius 3 is 1.91 bits per heavy atom. The smallest absolute Gasteiger partial charge is 0.161 e. The first-order chi connectivity index (χ1) is 11.3. The van der Waals surface area contributed by atoms with Crippen molar-refractivity contribution in [3.63, 3.8) is 0 Å². The van der Waals surface area contributed by atoms with Crippen LogP contribution in [0.1, 0.15) is 6.92 Å². The second-order valence-corrected chi connectivity index (χ2v) is 5.52. The first kappa shape index (κ1) is 18.0. The number of hydrogen-bond donors (Lipinski definition) is 1. The van der Waals surface area contributed by atoms with Crippen LogP contribution in [-0.2, 0) is 9.47 Å². The summed E-state index contributed by atoms with van der Waals surface area (Å²) in [6.07, 6.45) is -0.363. The molecular weight excluding hydrogens is 298 g/mol. The van der Waals surface area contributed by atoms with Crippen molar-refractivity contribution in [2.45, 2.75) is 13.0 Å². The van der Waals surface area contributed by atoms with Crippen molar-refractivity contribution < 1.29 is 24.1 Å². The summed E-state index contributed by atoms with van der Waals surface area (Å²) < 4.78 is 22.6. The second kappa shape index (κ2) is 10.4. The van der Waals surface area contributed by atoms with Crippen molar-refractivity contribution in [3.8, 4) is 11.5 Å². The van der Waals surface area contributed by atoms with E-state index in [-0.39, 0.29) is 6.10 Å². The average molecular weight is 325 g/mol. The van der Waals surface area contributed by atoms with Crippen LogP contribution in [0, 0.1) is 0 Å². The van der Waals surface area contributed by atoms with Crippen molar-refractivity contribution in [2.24, 2.45) is 0 Å². The van der Waals surface area contributed by atoms with Gasteiger partial charge in [-0.2, -0.15) is 0 Å². The molecule has 1 atom stereocenters. The van der Waals surface area contributed by atoms with E-state index in [1.165, 1.54) is 0 Å². The largest absolute Gasteiger partial charge is 0.487 e. The number of fused-ring (bicyclic) bond motifs is 1. The van der Waals surface area contributed by atoms with Gasteiger partial charge in [0.1, 0.15) is 13.2 Å². The van der Waals surface area contributed by atoms with Gasteiger partial charge in [0.15, 0.2) is 11.5 Å². The van der Waals surface area contributed by atoms with E-state index in [0.717, 1.165) is 24.6 Å². The van der Waals surface area contributed by atoms with E-state index in [9.17, 15) is 5.11 Å². The highest BCUT2D eigenvalue weighted by molar-refractivity contribution is 5.39. The van der Waals surface area contributed by atoms with E-state index in [1.54, 1.807) is 6.92 Å². The summed E-state index contributed by atoms with van der Waals surface area (Å²) in [5.41, 5.74) is 0. The molecular formula is C17H27NO5. The topological polar surface area (TPSA) is 60.4 Å². The molecule has 0 radical (unpaired) electrons. The molecule has 6 heteroatoms. The van der Waals surface area contributed by atoms with Crippen LogP contribution in [0.25, 0.3) is 0 Å². The first-order valence-corrected chi connectivity index (χ1v) is 8.16. The van der Waals surface area contributed by atoms with Crippen LogP contribution in [0.4, 0.5) is 0 Å². The second-order valence-electron chi connectivity index (χ2n) is 5.52. The summed E-state index contributed by atoms with van der Waals surface area (Å²) in [5.74, 6) is 1.45. The van der Waals surface area contributed by atoms with Crippen molar-refractivity contribution in [1.82, 2.24) is 4.90 Å². The van der Waals surface area contributed by atoms with Gasteiger partial charge >= 0.3 is 0 Å². The van der Waals surface area contributed by atoms with E-state index < -0.39 is 0 Å². The van der Waals surface area contributed by atoms with E-state index in [2.05, 4.69) is 4.90 Å². The van der Waals surface area contributed by atoms with E-state index in [1.807, 2.05) is 24.3 Å². The van der Waals surface area contributed by atoms with E-state index >= 15 is 0 Å². The maximum atomic E-state index is 9.55. The highest BCUT2D eigenvalue weighted by Gasteiger charge is 2.09. The number of benzene rings is 1. The van der Waals surface area contributed by atoms with Crippen molar-refractivity contribution in [3.05, 3.63) is 24.3 Å². The average Bonchev–Trinajstić information content (AvgIpc) is 2.54. The Bertz CT molecular complexity index is 406. The third-order valence-corrected chi connectivity index (χ3v) is 3.45. The molecule has 1 aliphatic heterocycles. The molecule has 1 N–H and O–H groups in total. The molecule has 0 aromatic heterocycles. The fraction of sp³-hybridized carbons (Fsp3) is 0.647. The third-order valence-electron chi connectivity index (χ3n) is 3.45. The summed E-state index contributed by atoms with van der Waals surface area (Å²) in [6.45, 7) is 7.15. The lowest BCUT2D eigenvalue weighted by atomic mass is 10.3. The summed E-state index contributed by atoms with van der Waals surface area (Å²) in [4.78, 5) is 2.14. The molecule has 0 saturated carbocycles. The van der Waals surface area contributed by atoms with Gasteiger partial charge in [-0.05, 0) is 19.1 Å². The molecule has 2 rings (SSSR count). The van der Waals surface area contributed by atoms with Gasteiger partial charge in [0.25, 0.3) is 0 Å². The van der Waals surface area contributed by atoms with Crippen LogP contribution in [0.5, 0.6) is 11.5 Å². The number of para-hydroxylation sites is 2. The molecule has 0 fully saturated rings. The quantitative estimate of drug-likeness (QED) is 0.881. The molecule has 0 spiro atoms. The van der Waals surface area contributed by atoms with Gasteiger partial charge < -0.3 is 24.1 Å². The van der Waals surface area contributed by atoms with Gasteiger partial charge in [-0.1, -0.05) is 12.1 Å². The van der Waals surface area contributed by atoms with Gasteiger partial charge in [-0.25, -0.2) is 0 Å². The summed E-state index contributed by atoms with van der Waals surface area (Å²) in [6, 6.07) is 7.61. The van der Waals surface area contributed by atoms with Crippen LogP contribution in [-0.4, -0.2) is 75.4 Å². The number of hydrogen-bond acceptors (Lipinski definition) is 6. The molecule has 1 unspecified atom stereocenters. The molecule has 1 aromatic carbocycles. The van der Waals surface area contributed by atoms with Gasteiger partial charge in [-0.15, -0.1) is 0 Å². The Labute approximate surface area is 137 Å². The van der Waals surface area contributed by atoms with E-state index in [0.29, 0.717) is 46.2 Å². The first-order valence-electron chi connectivity index (χ1n) is 8.16. The van der Waals surface area contributed by atoms with Crippen LogP contribution < -0.4 is 9.47 Å². The minimum Gasteiger partial charge on any atom is -0.487 e. The number of aliphatic hydroxyl groups is 1. The lowest BCUT2D eigenvalue weighted by Crippen LogP contribution is -2.36. The van der Waals surface area contributed by atoms with Crippen LogP contribution >= 0.6 is 0 Å². The van der Waals surface area contributed by atoms with Gasteiger partial charge in [0, 0.05) is 19.6 Å². The Kier molecular flexibility index (Phi) is 8.17. The van der Waals surface area contributed by atoms with Crippen LogP contribution in [0.2, 0.25) is 0 Å². The zero-order chi connectivity index (χ0) is 16.3. The summed E-state index contributed by atoms with van der Waals surface area (Å²) in [7, 11) is 0. The lowest BCUT2D eigenvalue weighted by Gasteiger charge is -2.23. The van der Waals surface area contributed by atoms with E-state index in [4.69, 9.17) is 18.9 Å². The SMILES string of the molecule is CC(O)CN1CCOCCOc2ccccc2OCCOCC1.